The van der Waals surface area contributed by atoms with Crippen LogP contribution in [0.15, 0.2) is 88.7 Å². The predicted molar refractivity (Wildman–Crippen MR) is 116 cm³/mol. The molecule has 0 aliphatic heterocycles. The van der Waals surface area contributed by atoms with Gasteiger partial charge in [0, 0.05) is 13.5 Å². The summed E-state index contributed by atoms with van der Waals surface area (Å²) in [6.07, 6.45) is 4.82. The van der Waals surface area contributed by atoms with Crippen molar-refractivity contribution in [3.63, 3.8) is 0 Å². The van der Waals surface area contributed by atoms with Gasteiger partial charge in [-0.05, 0) is 49.4 Å². The Kier molecular flexibility index (Phi) is 7.86. The van der Waals surface area contributed by atoms with Crippen LogP contribution in [-0.4, -0.2) is 37.5 Å². The SMILES string of the molecule is COCOC(C)(COc1ccc([S+](c2ccccc2)C2C=CC=CC2)cc1)C(F)(F)F. The second-order valence-electron chi connectivity index (χ2n) is 7.28. The minimum Gasteiger partial charge on any atom is -0.490 e. The Morgan fingerprint density at radius 2 is 1.65 bits per heavy atom. The topological polar surface area (TPSA) is 27.7 Å². The van der Waals surface area contributed by atoms with Gasteiger partial charge in [0.15, 0.2) is 20.6 Å². The summed E-state index contributed by atoms with van der Waals surface area (Å²) in [6, 6.07) is 17.5. The first-order valence-corrected chi connectivity index (χ1v) is 11.2. The number of benzene rings is 2. The van der Waals surface area contributed by atoms with Gasteiger partial charge in [-0.2, -0.15) is 13.2 Å². The van der Waals surface area contributed by atoms with E-state index in [2.05, 4.69) is 35.1 Å². The maximum Gasteiger partial charge on any atom is 0.420 e. The Morgan fingerprint density at radius 1 is 0.968 bits per heavy atom. The summed E-state index contributed by atoms with van der Waals surface area (Å²) in [5.41, 5.74) is -2.46. The first-order chi connectivity index (χ1) is 14.8. The van der Waals surface area contributed by atoms with Crippen LogP contribution in [0.2, 0.25) is 0 Å². The summed E-state index contributed by atoms with van der Waals surface area (Å²) in [4.78, 5) is 2.33. The van der Waals surface area contributed by atoms with E-state index in [9.17, 15) is 13.2 Å². The minimum atomic E-state index is -4.59. The van der Waals surface area contributed by atoms with Gasteiger partial charge in [0.25, 0.3) is 0 Å². The molecule has 7 heteroatoms. The van der Waals surface area contributed by atoms with Gasteiger partial charge in [0.1, 0.15) is 19.1 Å². The van der Waals surface area contributed by atoms with Gasteiger partial charge in [-0.1, -0.05) is 36.4 Å². The maximum atomic E-state index is 13.4. The fourth-order valence-electron chi connectivity index (χ4n) is 3.08. The average Bonchev–Trinajstić information content (AvgIpc) is 2.78. The Bertz CT molecular complexity index is 881. The standard InChI is InChI=1S/C24H26F3O3S/c1-23(24(25,26)27,30-18-28-2)17-29-19-13-15-22(16-14-19)31(20-9-5-3-6-10-20)21-11-7-4-8-12-21/h3-11,13-16,21H,12,17-18H2,1-2H3/q+1. The van der Waals surface area contributed by atoms with E-state index in [-0.39, 0.29) is 10.9 Å². The number of halogens is 3. The van der Waals surface area contributed by atoms with Crippen molar-refractivity contribution in [3.05, 3.63) is 78.9 Å². The van der Waals surface area contributed by atoms with Crippen LogP contribution in [0.25, 0.3) is 0 Å². The number of hydrogen-bond donors (Lipinski definition) is 0. The summed E-state index contributed by atoms with van der Waals surface area (Å²) in [5, 5.41) is 0.329. The molecular formula is C24H26F3O3S+. The van der Waals surface area contributed by atoms with Gasteiger partial charge >= 0.3 is 6.18 Å². The zero-order chi connectivity index (χ0) is 22.3. The highest BCUT2D eigenvalue weighted by Crippen LogP contribution is 2.35. The van der Waals surface area contributed by atoms with Crippen LogP contribution >= 0.6 is 0 Å². The smallest absolute Gasteiger partial charge is 0.420 e. The molecule has 0 radical (unpaired) electrons. The van der Waals surface area contributed by atoms with Crippen molar-refractivity contribution in [1.29, 1.82) is 0 Å². The lowest BCUT2D eigenvalue weighted by Gasteiger charge is -2.31. The molecule has 2 aromatic carbocycles. The van der Waals surface area contributed by atoms with E-state index >= 15 is 0 Å². The molecule has 1 aliphatic rings. The second kappa shape index (κ2) is 10.4. The summed E-state index contributed by atoms with van der Waals surface area (Å²) in [5.74, 6) is 0.357. The number of rotatable bonds is 9. The fraction of sp³-hybridized carbons (Fsp3) is 0.333. The molecule has 0 heterocycles. The summed E-state index contributed by atoms with van der Waals surface area (Å²) < 4.78 is 55.2. The van der Waals surface area contributed by atoms with E-state index in [0.717, 1.165) is 18.2 Å². The summed E-state index contributed by atoms with van der Waals surface area (Å²) in [6.45, 7) is -0.183. The molecule has 3 unspecified atom stereocenters. The van der Waals surface area contributed by atoms with Gasteiger partial charge in [-0.15, -0.1) is 0 Å². The molecule has 3 nitrogen and oxygen atoms in total. The minimum absolute atomic E-state index is 0.200. The number of alkyl halides is 3. The molecule has 166 valence electrons. The van der Waals surface area contributed by atoms with Gasteiger partial charge in [0.2, 0.25) is 0 Å². The molecular weight excluding hydrogens is 425 g/mol. The van der Waals surface area contributed by atoms with Crippen molar-refractivity contribution in [1.82, 2.24) is 0 Å². The van der Waals surface area contributed by atoms with Gasteiger partial charge in [0.05, 0.1) is 10.9 Å². The molecule has 1 aliphatic carbocycles. The molecule has 0 saturated heterocycles. The van der Waals surface area contributed by atoms with E-state index in [1.54, 1.807) is 12.1 Å². The van der Waals surface area contributed by atoms with Crippen molar-refractivity contribution in [2.24, 2.45) is 0 Å². The van der Waals surface area contributed by atoms with Crippen LogP contribution in [0.4, 0.5) is 13.2 Å². The maximum absolute atomic E-state index is 13.4. The van der Waals surface area contributed by atoms with Crippen LogP contribution < -0.4 is 4.74 Å². The van der Waals surface area contributed by atoms with Gasteiger partial charge in [-0.3, -0.25) is 0 Å². The third kappa shape index (κ3) is 5.93. The number of hydrogen-bond acceptors (Lipinski definition) is 3. The molecule has 0 bridgehead atoms. The lowest BCUT2D eigenvalue weighted by molar-refractivity contribution is -0.296. The lowest BCUT2D eigenvalue weighted by atomic mass is 10.1. The molecule has 0 N–H and O–H groups in total. The molecule has 0 fully saturated rings. The third-order valence-corrected chi connectivity index (χ3v) is 7.44. The molecule has 3 rings (SSSR count). The number of allylic oxidation sites excluding steroid dienone is 3. The van der Waals surface area contributed by atoms with E-state index in [1.807, 2.05) is 36.4 Å². The highest BCUT2D eigenvalue weighted by molar-refractivity contribution is 7.97. The predicted octanol–water partition coefficient (Wildman–Crippen LogP) is 5.93. The first kappa shape index (κ1) is 23.4. The Balaban J connectivity index is 1.77. The molecule has 2 aromatic rings. The van der Waals surface area contributed by atoms with E-state index < -0.39 is 25.2 Å². The largest absolute Gasteiger partial charge is 0.490 e. The lowest BCUT2D eigenvalue weighted by Crippen LogP contribution is -2.50. The van der Waals surface area contributed by atoms with Crippen LogP contribution in [0.3, 0.4) is 0 Å². The molecule has 0 spiro atoms. The third-order valence-electron chi connectivity index (χ3n) is 4.93. The first-order valence-electron chi connectivity index (χ1n) is 9.88. The monoisotopic (exact) mass is 451 g/mol. The Morgan fingerprint density at radius 3 is 2.23 bits per heavy atom. The van der Waals surface area contributed by atoms with E-state index in [0.29, 0.717) is 11.0 Å². The number of ether oxygens (including phenoxy) is 3. The Hall–Kier alpha value is -2.22. The summed E-state index contributed by atoms with van der Waals surface area (Å²) in [7, 11) is 1.08. The van der Waals surface area contributed by atoms with E-state index in [4.69, 9.17) is 9.47 Å². The van der Waals surface area contributed by atoms with Crippen LogP contribution in [-0.2, 0) is 20.4 Å². The van der Waals surface area contributed by atoms with Crippen LogP contribution in [0.1, 0.15) is 13.3 Å². The zero-order valence-corrected chi connectivity index (χ0v) is 18.3. The quantitative estimate of drug-likeness (QED) is 0.349. The number of methoxy groups -OCH3 is 1. The highest BCUT2D eigenvalue weighted by Gasteiger charge is 2.53. The molecule has 0 saturated carbocycles. The highest BCUT2D eigenvalue weighted by atomic mass is 32.2. The van der Waals surface area contributed by atoms with Crippen LogP contribution in [0.5, 0.6) is 5.75 Å². The summed E-state index contributed by atoms with van der Waals surface area (Å²) >= 11 is 0. The fourth-order valence-corrected chi connectivity index (χ4v) is 5.49. The van der Waals surface area contributed by atoms with Crippen molar-refractivity contribution in [3.8, 4) is 5.75 Å². The van der Waals surface area contributed by atoms with Crippen molar-refractivity contribution >= 4 is 10.9 Å². The molecule has 3 atom stereocenters. The molecule has 31 heavy (non-hydrogen) atoms. The normalized spacial score (nSPS) is 19.1. The van der Waals surface area contributed by atoms with Crippen molar-refractivity contribution < 1.29 is 27.4 Å². The van der Waals surface area contributed by atoms with Crippen molar-refractivity contribution in [2.75, 3.05) is 20.5 Å². The van der Waals surface area contributed by atoms with Gasteiger partial charge < -0.3 is 14.2 Å². The zero-order valence-electron chi connectivity index (χ0n) is 17.5. The van der Waals surface area contributed by atoms with Crippen LogP contribution in [0, 0.1) is 0 Å². The molecule has 0 aromatic heterocycles. The second-order valence-corrected chi connectivity index (χ2v) is 9.50. The van der Waals surface area contributed by atoms with Crippen molar-refractivity contribution in [2.45, 2.75) is 40.2 Å². The van der Waals surface area contributed by atoms with Gasteiger partial charge in [-0.25, -0.2) is 0 Å². The Labute approximate surface area is 183 Å². The van der Waals surface area contributed by atoms with E-state index in [1.165, 1.54) is 12.0 Å². The average molecular weight is 452 g/mol. The molecule has 0 amide bonds.